The van der Waals surface area contributed by atoms with E-state index < -0.39 is 10.0 Å². The quantitative estimate of drug-likeness (QED) is 0.771. The lowest BCUT2D eigenvalue weighted by Crippen LogP contribution is -2.15. The molecule has 0 aliphatic heterocycles. The smallest absolute Gasteiger partial charge is 0.232 e. The van der Waals surface area contributed by atoms with Crippen LogP contribution in [0.1, 0.15) is 0 Å². The van der Waals surface area contributed by atoms with Crippen molar-refractivity contribution in [3.05, 3.63) is 54.7 Å². The molecule has 0 atom stereocenters. The molecular weight excluding hydrogens is 262 g/mol. The number of hydrogen-bond acceptors (Lipinski definition) is 3. The van der Waals surface area contributed by atoms with Crippen molar-refractivity contribution in [1.29, 1.82) is 0 Å². The molecule has 19 heavy (non-hydrogen) atoms. The highest BCUT2D eigenvalue weighted by Crippen LogP contribution is 2.22. The first-order chi connectivity index (χ1) is 9.07. The number of aromatic nitrogens is 2. The molecule has 0 amide bonds. The van der Waals surface area contributed by atoms with E-state index in [1.54, 1.807) is 29.1 Å². The number of primary sulfonamides is 1. The predicted octanol–water partition coefficient (Wildman–Crippen LogP) is 1.67. The molecule has 1 aromatic heterocycles. The normalized spacial score (nSPS) is 11.8. The molecule has 2 aromatic carbocycles. The highest BCUT2D eigenvalue weighted by Gasteiger charge is 2.16. The molecule has 3 rings (SSSR count). The van der Waals surface area contributed by atoms with Gasteiger partial charge in [0.1, 0.15) is 4.90 Å². The number of nitrogens with zero attached hydrogens (tertiary/aromatic N) is 2. The molecule has 0 aliphatic carbocycles. The molecule has 0 aliphatic rings. The summed E-state index contributed by atoms with van der Waals surface area (Å²) in [5.74, 6) is 0. The third kappa shape index (κ3) is 2.00. The van der Waals surface area contributed by atoms with Gasteiger partial charge in [0.2, 0.25) is 10.0 Å². The molecule has 96 valence electrons. The van der Waals surface area contributed by atoms with Crippen LogP contribution in [0, 0.1) is 0 Å². The van der Waals surface area contributed by atoms with Crippen molar-refractivity contribution in [2.45, 2.75) is 4.90 Å². The molecule has 0 saturated heterocycles. The fourth-order valence-corrected chi connectivity index (χ4v) is 2.75. The zero-order chi connectivity index (χ0) is 13.5. The van der Waals surface area contributed by atoms with Gasteiger partial charge >= 0.3 is 0 Å². The van der Waals surface area contributed by atoms with Crippen molar-refractivity contribution >= 4 is 20.9 Å². The van der Waals surface area contributed by atoms with E-state index in [1.807, 2.05) is 24.3 Å². The zero-order valence-corrected chi connectivity index (χ0v) is 10.7. The minimum Gasteiger partial charge on any atom is -0.232 e. The Hall–Kier alpha value is -2.18. The van der Waals surface area contributed by atoms with Crippen molar-refractivity contribution in [1.82, 2.24) is 9.78 Å². The van der Waals surface area contributed by atoms with Gasteiger partial charge in [-0.15, -0.1) is 0 Å². The van der Waals surface area contributed by atoms with Crippen LogP contribution in [-0.2, 0) is 10.0 Å². The Kier molecular flexibility index (Phi) is 2.62. The first-order valence-electron chi connectivity index (χ1n) is 5.62. The number of sulfonamides is 1. The van der Waals surface area contributed by atoms with Gasteiger partial charge in [0.05, 0.1) is 17.4 Å². The molecule has 0 saturated carbocycles. The lowest BCUT2D eigenvalue weighted by atomic mass is 10.2. The summed E-state index contributed by atoms with van der Waals surface area (Å²) in [6.45, 7) is 0. The molecular formula is C13H11N3O2S. The van der Waals surface area contributed by atoms with Crippen LogP contribution >= 0.6 is 0 Å². The van der Waals surface area contributed by atoms with E-state index in [-0.39, 0.29) is 4.90 Å². The van der Waals surface area contributed by atoms with Crippen LogP contribution in [0.2, 0.25) is 0 Å². The predicted molar refractivity (Wildman–Crippen MR) is 72.4 cm³/mol. The summed E-state index contributed by atoms with van der Waals surface area (Å²) in [6, 6.07) is 14.1. The van der Waals surface area contributed by atoms with Crippen molar-refractivity contribution in [2.75, 3.05) is 0 Å². The van der Waals surface area contributed by atoms with E-state index in [1.165, 1.54) is 6.07 Å². The summed E-state index contributed by atoms with van der Waals surface area (Å²) in [5.41, 5.74) is 1.28. The second kappa shape index (κ2) is 4.18. The minimum atomic E-state index is -3.79. The first kappa shape index (κ1) is 11.9. The molecule has 6 heteroatoms. The summed E-state index contributed by atoms with van der Waals surface area (Å²) in [6.07, 6.45) is 1.69. The van der Waals surface area contributed by atoms with Crippen LogP contribution in [0.4, 0.5) is 0 Å². The Morgan fingerprint density at radius 2 is 1.68 bits per heavy atom. The summed E-state index contributed by atoms with van der Waals surface area (Å²) >= 11 is 0. The summed E-state index contributed by atoms with van der Waals surface area (Å²) in [4.78, 5) is 0.0591. The number of rotatable bonds is 2. The second-order valence-corrected chi connectivity index (χ2v) is 5.66. The fraction of sp³-hybridized carbons (Fsp3) is 0. The van der Waals surface area contributed by atoms with E-state index in [9.17, 15) is 8.42 Å². The number of nitrogens with two attached hydrogens (primary N) is 1. The van der Waals surface area contributed by atoms with E-state index in [0.717, 1.165) is 10.9 Å². The topological polar surface area (TPSA) is 78.0 Å². The molecule has 0 bridgehead atoms. The number of benzene rings is 2. The van der Waals surface area contributed by atoms with Crippen LogP contribution in [0.3, 0.4) is 0 Å². The lowest BCUT2D eigenvalue weighted by molar-refractivity contribution is 0.597. The molecule has 3 aromatic rings. The van der Waals surface area contributed by atoms with Gasteiger partial charge in [-0.25, -0.2) is 18.2 Å². The molecule has 0 fully saturated rings. The van der Waals surface area contributed by atoms with Gasteiger partial charge in [-0.1, -0.05) is 30.3 Å². The van der Waals surface area contributed by atoms with Gasteiger partial charge in [0.15, 0.2) is 0 Å². The van der Waals surface area contributed by atoms with Crippen LogP contribution in [0.25, 0.3) is 16.6 Å². The third-order valence-corrected chi connectivity index (χ3v) is 3.84. The van der Waals surface area contributed by atoms with Gasteiger partial charge in [-0.05, 0) is 18.2 Å². The third-order valence-electron chi connectivity index (χ3n) is 2.88. The SMILES string of the molecule is NS(=O)(=O)c1ccccc1-n1ncc2ccccc21. The van der Waals surface area contributed by atoms with Crippen LogP contribution in [0.5, 0.6) is 0 Å². The Labute approximate surface area is 110 Å². The second-order valence-electron chi connectivity index (χ2n) is 4.13. The van der Waals surface area contributed by atoms with E-state index in [0.29, 0.717) is 5.69 Å². The van der Waals surface area contributed by atoms with Crippen molar-refractivity contribution in [3.8, 4) is 5.69 Å². The Morgan fingerprint density at radius 3 is 2.47 bits per heavy atom. The molecule has 0 radical (unpaired) electrons. The van der Waals surface area contributed by atoms with Gasteiger partial charge in [-0.2, -0.15) is 5.10 Å². The highest BCUT2D eigenvalue weighted by molar-refractivity contribution is 7.89. The number of hydrogen-bond donors (Lipinski definition) is 1. The zero-order valence-electron chi connectivity index (χ0n) is 9.89. The fourth-order valence-electron chi connectivity index (χ4n) is 2.04. The maximum absolute atomic E-state index is 11.6. The minimum absolute atomic E-state index is 0.0591. The van der Waals surface area contributed by atoms with Crippen LogP contribution < -0.4 is 5.14 Å². The van der Waals surface area contributed by atoms with Gasteiger partial charge in [0, 0.05) is 5.39 Å². The lowest BCUT2D eigenvalue weighted by Gasteiger charge is -2.08. The summed E-state index contributed by atoms with van der Waals surface area (Å²) in [5, 5.41) is 10.4. The Balaban J connectivity index is 2.34. The largest absolute Gasteiger partial charge is 0.240 e. The Bertz CT molecular complexity index is 853. The van der Waals surface area contributed by atoms with Gasteiger partial charge < -0.3 is 0 Å². The van der Waals surface area contributed by atoms with Gasteiger partial charge in [-0.3, -0.25) is 0 Å². The van der Waals surface area contributed by atoms with Crippen LogP contribution in [-0.4, -0.2) is 18.2 Å². The molecule has 2 N–H and O–H groups in total. The maximum Gasteiger partial charge on any atom is 0.240 e. The monoisotopic (exact) mass is 273 g/mol. The maximum atomic E-state index is 11.6. The Morgan fingerprint density at radius 1 is 1.00 bits per heavy atom. The van der Waals surface area contributed by atoms with E-state index in [2.05, 4.69) is 5.10 Å². The molecule has 0 spiro atoms. The van der Waals surface area contributed by atoms with E-state index in [4.69, 9.17) is 5.14 Å². The average molecular weight is 273 g/mol. The number of para-hydroxylation sites is 2. The summed E-state index contributed by atoms with van der Waals surface area (Å²) in [7, 11) is -3.79. The van der Waals surface area contributed by atoms with Crippen LogP contribution in [0.15, 0.2) is 59.6 Å². The molecule has 1 heterocycles. The van der Waals surface area contributed by atoms with Crippen molar-refractivity contribution in [3.63, 3.8) is 0 Å². The highest BCUT2D eigenvalue weighted by atomic mass is 32.2. The van der Waals surface area contributed by atoms with Crippen molar-refractivity contribution in [2.24, 2.45) is 5.14 Å². The van der Waals surface area contributed by atoms with E-state index >= 15 is 0 Å². The standard InChI is InChI=1S/C13H11N3O2S/c14-19(17,18)13-8-4-3-7-12(13)16-11-6-2-1-5-10(11)9-15-16/h1-9H,(H2,14,17,18). The van der Waals surface area contributed by atoms with Gasteiger partial charge in [0.25, 0.3) is 0 Å². The molecule has 0 unspecified atom stereocenters. The van der Waals surface area contributed by atoms with Crippen molar-refractivity contribution < 1.29 is 8.42 Å². The molecule has 5 nitrogen and oxygen atoms in total. The number of fused-ring (bicyclic) bond motifs is 1. The summed E-state index contributed by atoms with van der Waals surface area (Å²) < 4.78 is 24.8. The average Bonchev–Trinajstić information content (AvgIpc) is 2.81. The first-order valence-corrected chi connectivity index (χ1v) is 7.17.